The number of hydrogen-bond donors (Lipinski definition) is 2. The lowest BCUT2D eigenvalue weighted by Gasteiger charge is -2.23. The molecule has 0 saturated heterocycles. The van der Waals surface area contributed by atoms with Crippen LogP contribution in [0.1, 0.15) is 45.4 Å². The lowest BCUT2D eigenvalue weighted by atomic mass is 9.95. The summed E-state index contributed by atoms with van der Waals surface area (Å²) in [5.74, 6) is 0.646. The van der Waals surface area contributed by atoms with Crippen molar-refractivity contribution in [3.8, 4) is 0 Å². The zero-order valence-corrected chi connectivity index (χ0v) is 12.7. The Morgan fingerprint density at radius 2 is 2.11 bits per heavy atom. The summed E-state index contributed by atoms with van der Waals surface area (Å²) in [5, 5.41) is 13.7. The zero-order chi connectivity index (χ0) is 14.3. The van der Waals surface area contributed by atoms with Gasteiger partial charge in [-0.25, -0.2) is 0 Å². The fourth-order valence-electron chi connectivity index (χ4n) is 2.00. The lowest BCUT2D eigenvalue weighted by molar-refractivity contribution is 0.0504. The minimum atomic E-state index is -0.690. The van der Waals surface area contributed by atoms with Gasteiger partial charge in [-0.15, -0.1) is 0 Å². The van der Waals surface area contributed by atoms with Crippen LogP contribution in [-0.2, 0) is 12.8 Å². The highest BCUT2D eigenvalue weighted by Gasteiger charge is 2.21. The molecular weight excluding hydrogens is 236 g/mol. The molecule has 19 heavy (non-hydrogen) atoms. The van der Waals surface area contributed by atoms with Gasteiger partial charge in [-0.3, -0.25) is 4.98 Å². The number of nitrogens with zero attached hydrogens (tertiary/aromatic N) is 1. The third kappa shape index (κ3) is 6.69. The summed E-state index contributed by atoms with van der Waals surface area (Å²) in [6, 6.07) is 4.12. The highest BCUT2D eigenvalue weighted by Crippen LogP contribution is 2.15. The first-order valence-corrected chi connectivity index (χ1v) is 7.30. The minimum Gasteiger partial charge on any atom is -0.390 e. The molecular formula is C16H28N2O. The van der Waals surface area contributed by atoms with Crippen LogP contribution >= 0.6 is 0 Å². The second-order valence-electron chi connectivity index (χ2n) is 6.03. The van der Waals surface area contributed by atoms with Crippen molar-refractivity contribution in [2.45, 2.75) is 52.6 Å². The van der Waals surface area contributed by atoms with Crippen LogP contribution in [0.25, 0.3) is 0 Å². The normalized spacial score (nSPS) is 14.6. The summed E-state index contributed by atoms with van der Waals surface area (Å²) in [5.41, 5.74) is 1.51. The molecule has 0 bridgehead atoms. The molecule has 1 aromatic heterocycles. The first-order valence-electron chi connectivity index (χ1n) is 7.30. The number of aliphatic hydroxyl groups is 1. The number of nitrogens with one attached hydrogen (secondary N) is 1. The van der Waals surface area contributed by atoms with E-state index in [-0.39, 0.29) is 0 Å². The third-order valence-electron chi connectivity index (χ3n) is 3.25. The Kier molecular flexibility index (Phi) is 6.46. The average molecular weight is 264 g/mol. The van der Waals surface area contributed by atoms with Gasteiger partial charge in [-0.1, -0.05) is 26.8 Å². The lowest BCUT2D eigenvalue weighted by Crippen LogP contribution is -2.33. The molecule has 0 aliphatic carbocycles. The van der Waals surface area contributed by atoms with Gasteiger partial charge in [0.15, 0.2) is 0 Å². The van der Waals surface area contributed by atoms with Crippen LogP contribution in [0, 0.1) is 5.92 Å². The van der Waals surface area contributed by atoms with Crippen LogP contribution < -0.4 is 5.32 Å². The van der Waals surface area contributed by atoms with E-state index in [2.05, 4.69) is 37.1 Å². The first-order chi connectivity index (χ1) is 8.93. The van der Waals surface area contributed by atoms with Gasteiger partial charge in [-0.05, 0) is 50.4 Å². The Labute approximate surface area is 117 Å². The number of aromatic nitrogens is 1. The summed E-state index contributed by atoms with van der Waals surface area (Å²) in [6.45, 7) is 10.2. The maximum absolute atomic E-state index is 10.4. The highest BCUT2D eigenvalue weighted by molar-refractivity contribution is 5.15. The number of aryl methyl sites for hydroxylation is 1. The van der Waals surface area contributed by atoms with Crippen LogP contribution in [0.2, 0.25) is 0 Å². The van der Waals surface area contributed by atoms with Crippen LogP contribution in [0.15, 0.2) is 18.3 Å². The van der Waals surface area contributed by atoms with E-state index in [9.17, 15) is 5.11 Å². The van der Waals surface area contributed by atoms with Gasteiger partial charge in [0.25, 0.3) is 0 Å². The first kappa shape index (κ1) is 16.1. The SMILES string of the molecule is CCc1ccc(CC(C)(O)CCNCC(C)C)nc1. The van der Waals surface area contributed by atoms with Gasteiger partial charge < -0.3 is 10.4 Å². The van der Waals surface area contributed by atoms with Crippen molar-refractivity contribution in [1.29, 1.82) is 0 Å². The van der Waals surface area contributed by atoms with E-state index < -0.39 is 5.60 Å². The van der Waals surface area contributed by atoms with Crippen LogP contribution in [0.5, 0.6) is 0 Å². The van der Waals surface area contributed by atoms with E-state index in [1.54, 1.807) is 0 Å². The van der Waals surface area contributed by atoms with Gasteiger partial charge >= 0.3 is 0 Å². The Bertz CT molecular complexity index is 358. The average Bonchev–Trinajstić information content (AvgIpc) is 2.35. The zero-order valence-electron chi connectivity index (χ0n) is 12.7. The number of hydrogen-bond acceptors (Lipinski definition) is 3. The highest BCUT2D eigenvalue weighted by atomic mass is 16.3. The molecule has 0 saturated carbocycles. The predicted molar refractivity (Wildman–Crippen MR) is 80.3 cm³/mol. The second-order valence-corrected chi connectivity index (χ2v) is 6.03. The van der Waals surface area contributed by atoms with Crippen molar-refractivity contribution >= 4 is 0 Å². The van der Waals surface area contributed by atoms with Crippen molar-refractivity contribution in [2.24, 2.45) is 5.92 Å². The predicted octanol–water partition coefficient (Wildman–Crippen LogP) is 2.57. The maximum Gasteiger partial charge on any atom is 0.0687 e. The fourth-order valence-corrected chi connectivity index (χ4v) is 2.00. The summed E-state index contributed by atoms with van der Waals surface area (Å²) in [4.78, 5) is 4.41. The van der Waals surface area contributed by atoms with Crippen molar-refractivity contribution in [3.05, 3.63) is 29.6 Å². The maximum atomic E-state index is 10.4. The van der Waals surface area contributed by atoms with Crippen LogP contribution in [0.4, 0.5) is 0 Å². The standard InChI is InChI=1S/C16H28N2O/c1-5-14-6-7-15(18-12-14)10-16(4,19)8-9-17-11-13(2)3/h6-7,12-13,17,19H,5,8-11H2,1-4H3. The summed E-state index contributed by atoms with van der Waals surface area (Å²) < 4.78 is 0. The Morgan fingerprint density at radius 1 is 1.37 bits per heavy atom. The summed E-state index contributed by atoms with van der Waals surface area (Å²) >= 11 is 0. The van der Waals surface area contributed by atoms with Gasteiger partial charge in [0.1, 0.15) is 0 Å². The Hall–Kier alpha value is -0.930. The van der Waals surface area contributed by atoms with Gasteiger partial charge in [0.2, 0.25) is 0 Å². The number of rotatable bonds is 8. The number of pyridine rings is 1. The van der Waals surface area contributed by atoms with Gasteiger partial charge in [-0.2, -0.15) is 0 Å². The van der Waals surface area contributed by atoms with E-state index in [1.165, 1.54) is 5.56 Å². The Morgan fingerprint density at radius 3 is 2.63 bits per heavy atom. The van der Waals surface area contributed by atoms with Gasteiger partial charge in [0, 0.05) is 18.3 Å². The molecule has 1 heterocycles. The van der Waals surface area contributed by atoms with Crippen molar-refractivity contribution in [1.82, 2.24) is 10.3 Å². The molecule has 1 rings (SSSR count). The molecule has 0 spiro atoms. The molecule has 1 aromatic rings. The molecule has 0 aromatic carbocycles. The molecule has 0 amide bonds. The van der Waals surface area contributed by atoms with E-state index in [0.29, 0.717) is 12.3 Å². The van der Waals surface area contributed by atoms with E-state index >= 15 is 0 Å². The van der Waals surface area contributed by atoms with Gasteiger partial charge in [0.05, 0.1) is 5.60 Å². The third-order valence-corrected chi connectivity index (χ3v) is 3.25. The monoisotopic (exact) mass is 264 g/mol. The van der Waals surface area contributed by atoms with E-state index in [4.69, 9.17) is 0 Å². The minimum absolute atomic E-state index is 0.611. The molecule has 0 aliphatic heterocycles. The second kappa shape index (κ2) is 7.61. The molecule has 3 heteroatoms. The molecule has 0 radical (unpaired) electrons. The quantitative estimate of drug-likeness (QED) is 0.709. The molecule has 0 aliphatic rings. The smallest absolute Gasteiger partial charge is 0.0687 e. The van der Waals surface area contributed by atoms with E-state index in [1.807, 2.05) is 19.2 Å². The van der Waals surface area contributed by atoms with Crippen molar-refractivity contribution in [2.75, 3.05) is 13.1 Å². The van der Waals surface area contributed by atoms with Crippen molar-refractivity contribution in [3.63, 3.8) is 0 Å². The molecule has 108 valence electrons. The van der Waals surface area contributed by atoms with E-state index in [0.717, 1.165) is 31.6 Å². The molecule has 0 fully saturated rings. The Balaban J connectivity index is 2.39. The van der Waals surface area contributed by atoms with Crippen LogP contribution in [0.3, 0.4) is 0 Å². The topological polar surface area (TPSA) is 45.1 Å². The molecule has 2 N–H and O–H groups in total. The van der Waals surface area contributed by atoms with Crippen molar-refractivity contribution < 1.29 is 5.11 Å². The fraction of sp³-hybridized carbons (Fsp3) is 0.688. The largest absolute Gasteiger partial charge is 0.390 e. The summed E-state index contributed by atoms with van der Waals surface area (Å²) in [6.07, 6.45) is 4.27. The molecule has 1 unspecified atom stereocenters. The van der Waals surface area contributed by atoms with Crippen LogP contribution in [-0.4, -0.2) is 28.8 Å². The molecule has 3 nitrogen and oxygen atoms in total. The summed E-state index contributed by atoms with van der Waals surface area (Å²) in [7, 11) is 0. The molecule has 1 atom stereocenters.